The van der Waals surface area contributed by atoms with Crippen molar-refractivity contribution < 1.29 is 9.47 Å². The van der Waals surface area contributed by atoms with Gasteiger partial charge >= 0.3 is 0 Å². The smallest absolute Gasteiger partial charge is 0.193 e. The molecule has 1 saturated heterocycles. The number of aliphatic imine (C=N–C) groups is 1. The summed E-state index contributed by atoms with van der Waals surface area (Å²) in [6, 6.07) is 5.96. The molecule has 1 unspecified atom stereocenters. The van der Waals surface area contributed by atoms with Crippen molar-refractivity contribution in [2.45, 2.75) is 26.2 Å². The lowest BCUT2D eigenvalue weighted by Gasteiger charge is -2.21. The van der Waals surface area contributed by atoms with Crippen molar-refractivity contribution in [3.63, 3.8) is 0 Å². The number of nitrogens with one attached hydrogen (secondary N) is 1. The Morgan fingerprint density at radius 3 is 3.03 bits per heavy atom. The van der Waals surface area contributed by atoms with Crippen molar-refractivity contribution in [3.8, 4) is 0 Å². The first-order valence-corrected chi connectivity index (χ1v) is 10.2. The maximum Gasteiger partial charge on any atom is 0.193 e. The largest absolute Gasteiger partial charge is 0.382 e. The maximum absolute atomic E-state index is 5.69. The lowest BCUT2D eigenvalue weighted by atomic mass is 10.1. The van der Waals surface area contributed by atoms with E-state index in [9.17, 15) is 0 Å². The normalized spacial score (nSPS) is 17.0. The molecular weight excluding hydrogens is 483 g/mol. The summed E-state index contributed by atoms with van der Waals surface area (Å²) in [6.07, 6.45) is 4.96. The number of pyridine rings is 1. The number of hydrogen-bond acceptors (Lipinski definition) is 5. The third kappa shape index (κ3) is 7.07. The van der Waals surface area contributed by atoms with Crippen LogP contribution in [0.15, 0.2) is 29.4 Å². The molecule has 1 N–H and O–H groups in total. The van der Waals surface area contributed by atoms with Crippen molar-refractivity contribution in [2.75, 3.05) is 53.1 Å². The summed E-state index contributed by atoms with van der Waals surface area (Å²) in [5.74, 6) is 2.56. The van der Waals surface area contributed by atoms with Crippen LogP contribution >= 0.6 is 24.0 Å². The van der Waals surface area contributed by atoms with Gasteiger partial charge < -0.3 is 19.7 Å². The Labute approximate surface area is 190 Å². The van der Waals surface area contributed by atoms with E-state index < -0.39 is 0 Å². The monoisotopic (exact) mass is 516 g/mol. The van der Waals surface area contributed by atoms with Crippen molar-refractivity contribution in [3.05, 3.63) is 30.2 Å². The highest BCUT2D eigenvalue weighted by atomic mass is 127. The Morgan fingerprint density at radius 1 is 1.31 bits per heavy atom. The van der Waals surface area contributed by atoms with Gasteiger partial charge in [-0.05, 0) is 31.9 Å². The molecule has 1 aliphatic heterocycles. The molecule has 3 rings (SSSR count). The van der Waals surface area contributed by atoms with Gasteiger partial charge in [-0.15, -0.1) is 34.2 Å². The fourth-order valence-electron chi connectivity index (χ4n) is 3.46. The number of aryl methyl sites for hydroxylation is 1. The summed E-state index contributed by atoms with van der Waals surface area (Å²) in [5, 5.41) is 11.9. The van der Waals surface area contributed by atoms with Gasteiger partial charge in [0.05, 0.1) is 19.8 Å². The zero-order valence-corrected chi connectivity index (χ0v) is 19.7. The highest BCUT2D eigenvalue weighted by Crippen LogP contribution is 2.16. The van der Waals surface area contributed by atoms with Gasteiger partial charge in [-0.1, -0.05) is 6.07 Å². The third-order valence-electron chi connectivity index (χ3n) is 4.91. The molecule has 0 saturated carbocycles. The number of hydrogen-bond donors (Lipinski definition) is 1. The topological polar surface area (TPSA) is 76.3 Å². The van der Waals surface area contributed by atoms with Gasteiger partial charge in [0.25, 0.3) is 0 Å². The molecule has 1 fully saturated rings. The van der Waals surface area contributed by atoms with Crippen LogP contribution in [-0.2, 0) is 15.9 Å². The Kier molecular flexibility index (Phi) is 10.6. The van der Waals surface area contributed by atoms with Crippen LogP contribution in [0.2, 0.25) is 0 Å². The van der Waals surface area contributed by atoms with E-state index in [-0.39, 0.29) is 24.0 Å². The van der Waals surface area contributed by atoms with Crippen LogP contribution < -0.4 is 5.32 Å². The van der Waals surface area contributed by atoms with Crippen LogP contribution in [0, 0.1) is 5.92 Å². The van der Waals surface area contributed by atoms with Crippen LogP contribution in [0.25, 0.3) is 5.65 Å². The van der Waals surface area contributed by atoms with Crippen LogP contribution in [0.4, 0.5) is 0 Å². The second kappa shape index (κ2) is 13.0. The summed E-state index contributed by atoms with van der Waals surface area (Å²) >= 11 is 0. The molecule has 162 valence electrons. The quantitative estimate of drug-likeness (QED) is 0.226. The number of likely N-dealkylation sites (tertiary alicyclic amines) is 1. The van der Waals surface area contributed by atoms with Crippen molar-refractivity contribution in [1.82, 2.24) is 24.8 Å². The van der Waals surface area contributed by atoms with Gasteiger partial charge in [0.15, 0.2) is 11.6 Å². The third-order valence-corrected chi connectivity index (χ3v) is 4.91. The first-order valence-electron chi connectivity index (χ1n) is 10.2. The molecule has 0 aromatic carbocycles. The molecule has 1 atom stereocenters. The van der Waals surface area contributed by atoms with E-state index in [1.165, 1.54) is 0 Å². The van der Waals surface area contributed by atoms with Gasteiger partial charge in [0, 0.05) is 51.8 Å². The van der Waals surface area contributed by atoms with E-state index in [1.54, 1.807) is 7.11 Å². The summed E-state index contributed by atoms with van der Waals surface area (Å²) in [7, 11) is 1.70. The summed E-state index contributed by atoms with van der Waals surface area (Å²) in [6.45, 7) is 7.89. The van der Waals surface area contributed by atoms with Crippen molar-refractivity contribution >= 4 is 35.6 Å². The molecule has 8 nitrogen and oxygen atoms in total. The number of halogens is 1. The molecule has 0 spiro atoms. The van der Waals surface area contributed by atoms with Crippen LogP contribution in [0.5, 0.6) is 0 Å². The van der Waals surface area contributed by atoms with E-state index >= 15 is 0 Å². The molecule has 0 aliphatic carbocycles. The van der Waals surface area contributed by atoms with Gasteiger partial charge in [0.1, 0.15) is 5.82 Å². The second-order valence-corrected chi connectivity index (χ2v) is 7.05. The standard InChI is InChI=1S/C20H32N6O2.HI/c1-3-21-20(25-12-9-17(15-25)16-28-14-13-27-2)22-10-6-8-19-24-23-18-7-4-5-11-26(18)19;/h4-5,7,11,17H,3,6,8-10,12-16H2,1-2H3,(H,21,22);1H. The molecule has 0 radical (unpaired) electrons. The van der Waals surface area contributed by atoms with Gasteiger partial charge in [0.2, 0.25) is 0 Å². The summed E-state index contributed by atoms with van der Waals surface area (Å²) in [4.78, 5) is 7.18. The average molecular weight is 516 g/mol. The Hall–Kier alpha value is -1.46. The van der Waals surface area contributed by atoms with E-state index in [0.29, 0.717) is 19.1 Å². The molecule has 0 amide bonds. The number of ether oxygens (including phenoxy) is 2. The number of fused-ring (bicyclic) bond motifs is 1. The first kappa shape index (κ1) is 23.8. The van der Waals surface area contributed by atoms with E-state index in [4.69, 9.17) is 14.5 Å². The maximum atomic E-state index is 5.69. The number of rotatable bonds is 10. The highest BCUT2D eigenvalue weighted by Gasteiger charge is 2.24. The molecule has 2 aromatic rings. The second-order valence-electron chi connectivity index (χ2n) is 7.05. The molecule has 0 bridgehead atoms. The van der Waals surface area contributed by atoms with E-state index in [1.807, 2.05) is 28.8 Å². The fourth-order valence-corrected chi connectivity index (χ4v) is 3.46. The lowest BCUT2D eigenvalue weighted by Crippen LogP contribution is -2.40. The average Bonchev–Trinajstić information content (AvgIpc) is 3.35. The van der Waals surface area contributed by atoms with Crippen molar-refractivity contribution in [2.24, 2.45) is 10.9 Å². The minimum atomic E-state index is 0. The zero-order valence-electron chi connectivity index (χ0n) is 17.4. The van der Waals surface area contributed by atoms with Crippen LogP contribution in [-0.4, -0.2) is 78.6 Å². The molecular formula is C20H33IN6O2. The molecule has 9 heteroatoms. The van der Waals surface area contributed by atoms with E-state index in [2.05, 4.69) is 27.3 Å². The Morgan fingerprint density at radius 2 is 2.21 bits per heavy atom. The zero-order chi connectivity index (χ0) is 19.6. The van der Waals surface area contributed by atoms with Crippen LogP contribution in [0.3, 0.4) is 0 Å². The van der Waals surface area contributed by atoms with Crippen molar-refractivity contribution in [1.29, 1.82) is 0 Å². The SMILES string of the molecule is CCNC(=NCCCc1nnc2ccccn12)N1CCC(COCCOC)C1.I. The summed E-state index contributed by atoms with van der Waals surface area (Å²) < 4.78 is 12.8. The summed E-state index contributed by atoms with van der Waals surface area (Å²) in [5.41, 5.74) is 0.894. The Balaban J connectivity index is 0.00000300. The van der Waals surface area contributed by atoms with Gasteiger partial charge in [-0.25, -0.2) is 0 Å². The predicted octanol–water partition coefficient (Wildman–Crippen LogP) is 2.23. The Bertz CT molecular complexity index is 753. The molecule has 1 aliphatic rings. The number of nitrogens with zero attached hydrogens (tertiary/aromatic N) is 5. The fraction of sp³-hybridized carbons (Fsp3) is 0.650. The van der Waals surface area contributed by atoms with Crippen LogP contribution in [0.1, 0.15) is 25.6 Å². The number of methoxy groups -OCH3 is 1. The molecule has 29 heavy (non-hydrogen) atoms. The van der Waals surface area contributed by atoms with Gasteiger partial charge in [-0.2, -0.15) is 0 Å². The minimum absolute atomic E-state index is 0. The number of guanidine groups is 1. The highest BCUT2D eigenvalue weighted by molar-refractivity contribution is 14.0. The van der Waals surface area contributed by atoms with Gasteiger partial charge in [-0.3, -0.25) is 9.39 Å². The minimum Gasteiger partial charge on any atom is -0.382 e. The molecule has 2 aromatic heterocycles. The predicted molar refractivity (Wildman–Crippen MR) is 125 cm³/mol. The lowest BCUT2D eigenvalue weighted by molar-refractivity contribution is 0.0536. The number of aromatic nitrogens is 3. The molecule has 3 heterocycles. The first-order chi connectivity index (χ1) is 13.8. The van der Waals surface area contributed by atoms with E-state index in [0.717, 1.165) is 69.5 Å².